The monoisotopic (exact) mass is 436 g/mol. The van der Waals surface area contributed by atoms with Crippen molar-refractivity contribution in [2.24, 2.45) is 17.8 Å². The van der Waals surface area contributed by atoms with E-state index >= 15 is 0 Å². The number of carbonyl (C=O) groups is 3. The lowest BCUT2D eigenvalue weighted by Crippen LogP contribution is -2.47. The summed E-state index contributed by atoms with van der Waals surface area (Å²) < 4.78 is 31.8. The molecule has 0 radical (unpaired) electrons. The first-order chi connectivity index (χ1) is 14.8. The Balaban J connectivity index is 1.46. The molecule has 170 valence electrons. The minimum atomic E-state index is -1.05. The zero-order valence-corrected chi connectivity index (χ0v) is 18.1. The van der Waals surface area contributed by atoms with Gasteiger partial charge in [-0.15, -0.1) is 0 Å². The van der Waals surface area contributed by atoms with E-state index in [1.807, 2.05) is 18.7 Å². The van der Waals surface area contributed by atoms with E-state index in [0.29, 0.717) is 64.4 Å². The molecule has 2 heterocycles. The van der Waals surface area contributed by atoms with Crippen LogP contribution in [0.5, 0.6) is 0 Å². The smallest absolute Gasteiger partial charge is 0.309 e. The van der Waals surface area contributed by atoms with Crippen LogP contribution in [0.2, 0.25) is 0 Å². The van der Waals surface area contributed by atoms with Crippen molar-refractivity contribution in [3.8, 4) is 0 Å². The quantitative estimate of drug-likeness (QED) is 0.665. The third kappa shape index (κ3) is 5.80. The maximum atomic E-state index is 13.4. The summed E-state index contributed by atoms with van der Waals surface area (Å²) in [5.74, 6) is -2.53. The second-order valence-corrected chi connectivity index (χ2v) is 8.82. The number of nitrogens with zero attached hydrogens (tertiary/aromatic N) is 2. The van der Waals surface area contributed by atoms with Crippen molar-refractivity contribution < 1.29 is 27.9 Å². The molecule has 3 rings (SSSR count). The number of amides is 2. The van der Waals surface area contributed by atoms with Crippen molar-refractivity contribution >= 4 is 17.8 Å². The zero-order chi connectivity index (χ0) is 22.5. The van der Waals surface area contributed by atoms with E-state index in [1.54, 1.807) is 4.90 Å². The van der Waals surface area contributed by atoms with Crippen molar-refractivity contribution in [2.45, 2.75) is 39.5 Å². The highest BCUT2D eigenvalue weighted by molar-refractivity contribution is 5.94. The minimum Gasteiger partial charge on any atom is -0.465 e. The molecule has 0 bridgehead atoms. The number of likely N-dealkylation sites (tertiary alicyclic amines) is 2. The van der Waals surface area contributed by atoms with Crippen LogP contribution in [0.25, 0.3) is 0 Å². The van der Waals surface area contributed by atoms with Gasteiger partial charge >= 0.3 is 5.97 Å². The van der Waals surface area contributed by atoms with E-state index in [1.165, 1.54) is 6.07 Å². The maximum absolute atomic E-state index is 13.4. The molecule has 2 aliphatic heterocycles. The lowest BCUT2D eigenvalue weighted by atomic mass is 9.92. The molecule has 1 aromatic rings. The molecule has 2 fully saturated rings. The Morgan fingerprint density at radius 3 is 2.10 bits per heavy atom. The molecular formula is C23H30F2N2O4. The fourth-order valence-electron chi connectivity index (χ4n) is 4.10. The van der Waals surface area contributed by atoms with Gasteiger partial charge in [-0.2, -0.15) is 0 Å². The Morgan fingerprint density at radius 2 is 1.52 bits per heavy atom. The largest absolute Gasteiger partial charge is 0.465 e. The third-order valence-electron chi connectivity index (χ3n) is 6.00. The van der Waals surface area contributed by atoms with Gasteiger partial charge in [0, 0.05) is 37.7 Å². The van der Waals surface area contributed by atoms with Gasteiger partial charge in [0.1, 0.15) is 0 Å². The van der Waals surface area contributed by atoms with Crippen molar-refractivity contribution in [2.75, 3.05) is 32.8 Å². The molecule has 0 unspecified atom stereocenters. The SMILES string of the molecule is CC(C)COC(=O)C1CCN(C(=O)C2CCN(C(=O)c3ccc(F)c(F)c3)CC2)CC1. The number of ether oxygens (including phenoxy) is 1. The predicted molar refractivity (Wildman–Crippen MR) is 110 cm³/mol. The first kappa shape index (κ1) is 23.2. The van der Waals surface area contributed by atoms with Crippen LogP contribution >= 0.6 is 0 Å². The second-order valence-electron chi connectivity index (χ2n) is 8.82. The summed E-state index contributed by atoms with van der Waals surface area (Å²) >= 11 is 0. The van der Waals surface area contributed by atoms with Gasteiger partial charge in [0.25, 0.3) is 5.91 Å². The Kier molecular flexibility index (Phi) is 7.62. The molecule has 8 heteroatoms. The van der Waals surface area contributed by atoms with Crippen LogP contribution in [0.15, 0.2) is 18.2 Å². The molecule has 2 aliphatic rings. The highest BCUT2D eigenvalue weighted by atomic mass is 19.2. The van der Waals surface area contributed by atoms with Gasteiger partial charge in [-0.1, -0.05) is 13.8 Å². The average molecular weight is 436 g/mol. The summed E-state index contributed by atoms with van der Waals surface area (Å²) in [4.78, 5) is 40.9. The number of hydrogen-bond acceptors (Lipinski definition) is 4. The number of piperidine rings is 2. The number of rotatable bonds is 5. The van der Waals surface area contributed by atoms with Crippen LogP contribution in [-0.2, 0) is 14.3 Å². The van der Waals surface area contributed by atoms with Crippen LogP contribution in [-0.4, -0.2) is 60.4 Å². The molecule has 1 aromatic carbocycles. The normalized spacial score (nSPS) is 18.4. The van der Waals surface area contributed by atoms with Crippen LogP contribution in [0.3, 0.4) is 0 Å². The van der Waals surface area contributed by atoms with E-state index < -0.39 is 11.6 Å². The van der Waals surface area contributed by atoms with E-state index in [4.69, 9.17) is 4.74 Å². The van der Waals surface area contributed by atoms with E-state index in [9.17, 15) is 23.2 Å². The van der Waals surface area contributed by atoms with Crippen LogP contribution in [0, 0.1) is 29.4 Å². The number of benzene rings is 1. The highest BCUT2D eigenvalue weighted by Crippen LogP contribution is 2.25. The first-order valence-electron chi connectivity index (χ1n) is 11.0. The molecular weight excluding hydrogens is 406 g/mol. The topological polar surface area (TPSA) is 66.9 Å². The lowest BCUT2D eigenvalue weighted by Gasteiger charge is -2.37. The van der Waals surface area contributed by atoms with Crippen molar-refractivity contribution in [1.82, 2.24) is 9.80 Å². The molecule has 0 atom stereocenters. The van der Waals surface area contributed by atoms with Gasteiger partial charge in [-0.05, 0) is 49.8 Å². The third-order valence-corrected chi connectivity index (χ3v) is 6.00. The van der Waals surface area contributed by atoms with Crippen molar-refractivity contribution in [3.05, 3.63) is 35.4 Å². The maximum Gasteiger partial charge on any atom is 0.309 e. The summed E-state index contributed by atoms with van der Waals surface area (Å²) in [5.41, 5.74) is 0.107. The Hall–Kier alpha value is -2.51. The number of hydrogen-bond donors (Lipinski definition) is 0. The van der Waals surface area contributed by atoms with E-state index in [0.717, 1.165) is 12.1 Å². The molecule has 0 aromatic heterocycles. The van der Waals surface area contributed by atoms with E-state index in [2.05, 4.69) is 0 Å². The second kappa shape index (κ2) is 10.2. The number of halogens is 2. The summed E-state index contributed by atoms with van der Waals surface area (Å²) in [6.07, 6.45) is 2.28. The Labute approximate surface area is 181 Å². The molecule has 2 saturated heterocycles. The van der Waals surface area contributed by atoms with Gasteiger partial charge in [-0.25, -0.2) is 8.78 Å². The van der Waals surface area contributed by atoms with Crippen molar-refractivity contribution in [1.29, 1.82) is 0 Å². The fraction of sp³-hybridized carbons (Fsp3) is 0.609. The van der Waals surface area contributed by atoms with E-state index in [-0.39, 0.29) is 35.2 Å². The van der Waals surface area contributed by atoms with Gasteiger partial charge in [0.05, 0.1) is 12.5 Å². The predicted octanol–water partition coefficient (Wildman–Crippen LogP) is 3.25. The zero-order valence-electron chi connectivity index (χ0n) is 18.1. The standard InChI is InChI=1S/C23H30F2N2O4/c1-15(2)14-31-23(30)17-7-11-26(12-8-17)21(28)16-5-9-27(10-6-16)22(29)18-3-4-19(24)20(25)13-18/h3-4,13,15-17H,5-12,14H2,1-2H3. The molecule has 6 nitrogen and oxygen atoms in total. The summed E-state index contributed by atoms with van der Waals surface area (Å²) in [6.45, 7) is 6.26. The fourth-order valence-corrected chi connectivity index (χ4v) is 4.10. The Morgan fingerprint density at radius 1 is 0.935 bits per heavy atom. The minimum absolute atomic E-state index is 0.0638. The van der Waals surface area contributed by atoms with Gasteiger partial charge in [0.15, 0.2) is 11.6 Å². The van der Waals surface area contributed by atoms with Crippen LogP contribution in [0.4, 0.5) is 8.78 Å². The van der Waals surface area contributed by atoms with Gasteiger partial charge < -0.3 is 14.5 Å². The highest BCUT2D eigenvalue weighted by Gasteiger charge is 2.34. The molecule has 31 heavy (non-hydrogen) atoms. The van der Waals surface area contributed by atoms with Crippen LogP contribution < -0.4 is 0 Å². The molecule has 2 amide bonds. The summed E-state index contributed by atoms with van der Waals surface area (Å²) in [5, 5.41) is 0. The summed E-state index contributed by atoms with van der Waals surface area (Å²) in [6, 6.07) is 3.13. The van der Waals surface area contributed by atoms with Crippen LogP contribution in [0.1, 0.15) is 49.9 Å². The molecule has 0 saturated carbocycles. The number of carbonyl (C=O) groups excluding carboxylic acids is 3. The summed E-state index contributed by atoms with van der Waals surface area (Å²) in [7, 11) is 0. The molecule has 0 spiro atoms. The Bertz CT molecular complexity index is 814. The molecule has 0 aliphatic carbocycles. The first-order valence-corrected chi connectivity index (χ1v) is 11.0. The molecule has 0 N–H and O–H groups in total. The van der Waals surface area contributed by atoms with Gasteiger partial charge in [0.2, 0.25) is 5.91 Å². The lowest BCUT2D eigenvalue weighted by molar-refractivity contribution is -0.153. The number of esters is 1. The average Bonchev–Trinajstić information content (AvgIpc) is 2.78. The van der Waals surface area contributed by atoms with Gasteiger partial charge in [-0.3, -0.25) is 14.4 Å². The van der Waals surface area contributed by atoms with Crippen molar-refractivity contribution in [3.63, 3.8) is 0 Å².